The minimum atomic E-state index is -0.0783. The third-order valence-corrected chi connectivity index (χ3v) is 3.85. The molecule has 4 heteroatoms. The van der Waals surface area contributed by atoms with Gasteiger partial charge in [0.25, 0.3) is 0 Å². The fraction of sp³-hybridized carbons (Fsp3) is 0.929. The number of carbonyl (C=O) groups is 1. The van der Waals surface area contributed by atoms with Crippen LogP contribution in [0.15, 0.2) is 0 Å². The summed E-state index contributed by atoms with van der Waals surface area (Å²) in [5.74, 6) is 4.93. The van der Waals surface area contributed by atoms with E-state index >= 15 is 0 Å². The van der Waals surface area contributed by atoms with Gasteiger partial charge in [0.15, 0.2) is 0 Å². The highest BCUT2D eigenvalue weighted by Gasteiger charge is 2.26. The van der Waals surface area contributed by atoms with Gasteiger partial charge in [0.05, 0.1) is 6.10 Å². The predicted molar refractivity (Wildman–Crippen MR) is 72.8 cm³/mol. The number of hydrazine groups is 1. The highest BCUT2D eigenvalue weighted by molar-refractivity contribution is 5.74. The summed E-state index contributed by atoms with van der Waals surface area (Å²) in [4.78, 5) is 10.9. The van der Waals surface area contributed by atoms with Gasteiger partial charge in [-0.15, -0.1) is 0 Å². The summed E-state index contributed by atoms with van der Waals surface area (Å²) < 4.78 is 5.88. The summed E-state index contributed by atoms with van der Waals surface area (Å²) in [7, 11) is 0. The minimum Gasteiger partial charge on any atom is -0.378 e. The van der Waals surface area contributed by atoms with Crippen molar-refractivity contribution in [1.82, 2.24) is 5.43 Å². The van der Waals surface area contributed by atoms with Crippen LogP contribution in [0, 0.1) is 5.41 Å². The molecule has 0 radical (unpaired) electrons. The van der Waals surface area contributed by atoms with E-state index in [-0.39, 0.29) is 5.91 Å². The molecular formula is C14H28N2O2. The summed E-state index contributed by atoms with van der Waals surface area (Å²) in [6.45, 7) is 5.51. The van der Waals surface area contributed by atoms with Crippen molar-refractivity contribution in [3.05, 3.63) is 0 Å². The lowest BCUT2D eigenvalue weighted by Crippen LogP contribution is -2.29. The molecule has 0 aromatic rings. The molecule has 0 heterocycles. The van der Waals surface area contributed by atoms with E-state index in [2.05, 4.69) is 19.3 Å². The van der Waals surface area contributed by atoms with Crippen LogP contribution < -0.4 is 11.3 Å². The van der Waals surface area contributed by atoms with E-state index in [1.54, 1.807) is 0 Å². The normalized spacial score (nSPS) is 19.7. The van der Waals surface area contributed by atoms with E-state index in [1.165, 1.54) is 25.7 Å². The van der Waals surface area contributed by atoms with Crippen molar-refractivity contribution < 1.29 is 9.53 Å². The zero-order chi connectivity index (χ0) is 13.4. The second kappa shape index (κ2) is 7.74. The number of ether oxygens (including phenoxy) is 1. The molecule has 0 aliphatic heterocycles. The van der Waals surface area contributed by atoms with Gasteiger partial charge in [0.2, 0.25) is 5.91 Å². The highest BCUT2D eigenvalue weighted by Crippen LogP contribution is 2.36. The molecule has 0 atom stereocenters. The van der Waals surface area contributed by atoms with Crippen LogP contribution in [-0.4, -0.2) is 18.6 Å². The first-order valence-electron chi connectivity index (χ1n) is 7.14. The Morgan fingerprint density at radius 1 is 1.28 bits per heavy atom. The van der Waals surface area contributed by atoms with E-state index in [1.807, 2.05) is 0 Å². The molecule has 1 amide bonds. The molecule has 3 N–H and O–H groups in total. The molecule has 0 aromatic heterocycles. The molecule has 1 rings (SSSR count). The minimum absolute atomic E-state index is 0.0783. The lowest BCUT2D eigenvalue weighted by Gasteiger charge is -2.34. The molecule has 1 aliphatic rings. The van der Waals surface area contributed by atoms with Crippen molar-refractivity contribution >= 4 is 5.91 Å². The zero-order valence-electron chi connectivity index (χ0n) is 11.8. The summed E-state index contributed by atoms with van der Waals surface area (Å²) in [5.41, 5.74) is 2.65. The van der Waals surface area contributed by atoms with Crippen molar-refractivity contribution in [1.29, 1.82) is 0 Å². The average Bonchev–Trinajstić information content (AvgIpc) is 2.35. The third-order valence-electron chi connectivity index (χ3n) is 3.85. The molecule has 1 aliphatic carbocycles. The molecule has 4 nitrogen and oxygen atoms in total. The molecule has 0 aromatic carbocycles. The van der Waals surface area contributed by atoms with Gasteiger partial charge >= 0.3 is 0 Å². The van der Waals surface area contributed by atoms with E-state index in [0.29, 0.717) is 17.9 Å². The Bertz CT molecular complexity index is 244. The number of hydrogen-bond acceptors (Lipinski definition) is 3. The molecule has 1 saturated carbocycles. The smallest absolute Gasteiger partial charge is 0.233 e. The Kier molecular flexibility index (Phi) is 6.65. The first-order valence-corrected chi connectivity index (χ1v) is 7.14. The van der Waals surface area contributed by atoms with Gasteiger partial charge in [0, 0.05) is 13.0 Å². The van der Waals surface area contributed by atoms with Gasteiger partial charge < -0.3 is 4.74 Å². The third kappa shape index (κ3) is 6.36. The van der Waals surface area contributed by atoms with Crippen molar-refractivity contribution in [2.45, 2.75) is 71.3 Å². The van der Waals surface area contributed by atoms with Crippen molar-refractivity contribution in [3.63, 3.8) is 0 Å². The number of amides is 1. The maximum atomic E-state index is 10.9. The number of hydrogen-bond donors (Lipinski definition) is 2. The number of rotatable bonds is 7. The van der Waals surface area contributed by atoms with E-state index in [0.717, 1.165) is 25.9 Å². The van der Waals surface area contributed by atoms with Gasteiger partial charge in [-0.3, -0.25) is 10.2 Å². The quantitative estimate of drug-likeness (QED) is 0.318. The van der Waals surface area contributed by atoms with Crippen molar-refractivity contribution in [2.24, 2.45) is 11.3 Å². The molecule has 0 unspecified atom stereocenters. The molecular weight excluding hydrogens is 228 g/mol. The van der Waals surface area contributed by atoms with Gasteiger partial charge in [-0.1, -0.05) is 20.3 Å². The van der Waals surface area contributed by atoms with Gasteiger partial charge in [0.1, 0.15) is 0 Å². The van der Waals surface area contributed by atoms with Crippen molar-refractivity contribution in [2.75, 3.05) is 6.61 Å². The summed E-state index contributed by atoms with van der Waals surface area (Å²) in [6.07, 6.45) is 8.89. The van der Waals surface area contributed by atoms with Crippen LogP contribution in [0.3, 0.4) is 0 Å². The summed E-state index contributed by atoms with van der Waals surface area (Å²) >= 11 is 0. The van der Waals surface area contributed by atoms with Crippen LogP contribution in [0.5, 0.6) is 0 Å². The number of nitrogens with two attached hydrogens (primary N) is 1. The van der Waals surface area contributed by atoms with E-state index in [9.17, 15) is 4.79 Å². The Hall–Kier alpha value is -0.610. The molecule has 1 fully saturated rings. The van der Waals surface area contributed by atoms with Crippen LogP contribution in [-0.2, 0) is 9.53 Å². The molecule has 0 bridgehead atoms. The van der Waals surface area contributed by atoms with Crippen LogP contribution in [0.4, 0.5) is 0 Å². The van der Waals surface area contributed by atoms with Gasteiger partial charge in [-0.05, 0) is 43.9 Å². The standard InChI is InChI=1S/C14H28N2O2/c1-14(2)9-7-12(8-10-14)18-11-5-3-4-6-13(17)16-15/h12H,3-11,15H2,1-2H3,(H,16,17). The van der Waals surface area contributed by atoms with Gasteiger partial charge in [-0.25, -0.2) is 5.84 Å². The predicted octanol–water partition coefficient (Wildman–Crippen LogP) is 2.52. The lowest BCUT2D eigenvalue weighted by atomic mass is 9.76. The fourth-order valence-electron chi connectivity index (χ4n) is 2.43. The first-order chi connectivity index (χ1) is 8.53. The monoisotopic (exact) mass is 256 g/mol. The van der Waals surface area contributed by atoms with Crippen LogP contribution in [0.25, 0.3) is 0 Å². The molecule has 0 spiro atoms. The Morgan fingerprint density at radius 3 is 2.56 bits per heavy atom. The molecule has 106 valence electrons. The van der Waals surface area contributed by atoms with E-state index in [4.69, 9.17) is 10.6 Å². The maximum Gasteiger partial charge on any atom is 0.233 e. The van der Waals surface area contributed by atoms with Crippen LogP contribution in [0.1, 0.15) is 65.2 Å². The zero-order valence-corrected chi connectivity index (χ0v) is 11.8. The maximum absolute atomic E-state index is 10.9. The summed E-state index contributed by atoms with van der Waals surface area (Å²) in [5, 5.41) is 0. The average molecular weight is 256 g/mol. The Morgan fingerprint density at radius 2 is 1.94 bits per heavy atom. The van der Waals surface area contributed by atoms with Crippen LogP contribution in [0.2, 0.25) is 0 Å². The summed E-state index contributed by atoms with van der Waals surface area (Å²) in [6, 6.07) is 0. The van der Waals surface area contributed by atoms with Crippen molar-refractivity contribution in [3.8, 4) is 0 Å². The first kappa shape index (κ1) is 15.4. The number of unbranched alkanes of at least 4 members (excludes halogenated alkanes) is 2. The van der Waals surface area contributed by atoms with Crippen LogP contribution >= 0.6 is 0 Å². The second-order valence-corrected chi connectivity index (χ2v) is 6.11. The van der Waals surface area contributed by atoms with Gasteiger partial charge in [-0.2, -0.15) is 0 Å². The Balaban J connectivity index is 1.94. The molecule has 0 saturated heterocycles. The second-order valence-electron chi connectivity index (χ2n) is 6.11. The highest BCUT2D eigenvalue weighted by atomic mass is 16.5. The largest absolute Gasteiger partial charge is 0.378 e. The number of carbonyl (C=O) groups excluding carboxylic acids is 1. The topological polar surface area (TPSA) is 64.3 Å². The fourth-order valence-corrected chi connectivity index (χ4v) is 2.43. The van der Waals surface area contributed by atoms with E-state index < -0.39 is 0 Å². The lowest BCUT2D eigenvalue weighted by molar-refractivity contribution is -0.121. The SMILES string of the molecule is CC1(C)CCC(OCCCCCC(=O)NN)CC1. The Labute approximate surface area is 111 Å². The number of nitrogens with one attached hydrogen (secondary N) is 1. The molecule has 18 heavy (non-hydrogen) atoms.